The largest absolute Gasteiger partial charge is 0.585 e. The topological polar surface area (TPSA) is 143 Å². The predicted molar refractivity (Wildman–Crippen MR) is 139 cm³/mol. The minimum atomic E-state index is -2.16. The van der Waals surface area contributed by atoms with Crippen LogP contribution in [0.2, 0.25) is 0 Å². The van der Waals surface area contributed by atoms with Crippen LogP contribution in [0.15, 0.2) is 61.2 Å². The second kappa shape index (κ2) is 12.2. The molecule has 0 aliphatic carbocycles. The molecule has 11 nitrogen and oxygen atoms in total. The highest BCUT2D eigenvalue weighted by Crippen LogP contribution is 2.34. The van der Waals surface area contributed by atoms with Crippen molar-refractivity contribution >= 4 is 30.9 Å². The van der Waals surface area contributed by atoms with Gasteiger partial charge in [0.1, 0.15) is 18.5 Å². The van der Waals surface area contributed by atoms with E-state index in [1.807, 2.05) is 32.0 Å². The zero-order valence-electron chi connectivity index (χ0n) is 20.5. The highest BCUT2D eigenvalue weighted by Gasteiger charge is 2.24. The summed E-state index contributed by atoms with van der Waals surface area (Å²) in [6.07, 6.45) is 2.59. The fourth-order valence-electron chi connectivity index (χ4n) is 3.58. The van der Waals surface area contributed by atoms with Crippen LogP contribution in [0.25, 0.3) is 11.2 Å². The average molecular weight is 524 g/mol. The average Bonchev–Trinajstić information content (AvgIpc) is 3.30. The third-order valence-corrected chi connectivity index (χ3v) is 6.19. The molecule has 0 bridgehead atoms. The molecule has 12 heteroatoms. The van der Waals surface area contributed by atoms with Crippen molar-refractivity contribution in [1.82, 2.24) is 24.8 Å². The molecule has 2 aromatic heterocycles. The Kier molecular flexibility index (Phi) is 8.60. The number of amides is 1. The smallest absolute Gasteiger partial charge is 0.488 e. The quantitative estimate of drug-likeness (QED) is 0.210. The minimum Gasteiger partial charge on any atom is -0.488 e. The number of hydrogen-bond acceptors (Lipinski definition) is 9. The van der Waals surface area contributed by atoms with Crippen molar-refractivity contribution in [3.8, 4) is 11.5 Å². The number of nitrogen functional groups attached to an aromatic ring is 1. The van der Waals surface area contributed by atoms with Gasteiger partial charge in [0.2, 0.25) is 5.75 Å². The molecule has 1 amide bonds. The Morgan fingerprint density at radius 3 is 2.68 bits per heavy atom. The maximum atomic E-state index is 12.6. The zero-order valence-corrected chi connectivity index (χ0v) is 21.4. The van der Waals surface area contributed by atoms with Crippen molar-refractivity contribution in [3.05, 3.63) is 72.3 Å². The molecule has 0 radical (unpaired) electrons. The number of nitrogens with zero attached hydrogens (tertiary/aromatic N) is 4. The molecule has 2 atom stereocenters. The third-order valence-electron chi connectivity index (χ3n) is 5.43. The van der Waals surface area contributed by atoms with Gasteiger partial charge in [0.15, 0.2) is 17.2 Å². The molecule has 0 aliphatic rings. The number of anilines is 1. The summed E-state index contributed by atoms with van der Waals surface area (Å²) < 4.78 is 31.4. The Balaban J connectivity index is 1.24. The fraction of sp³-hybridized carbons (Fsp3) is 0.280. The molecule has 2 heterocycles. The van der Waals surface area contributed by atoms with Crippen LogP contribution in [-0.2, 0) is 15.8 Å². The number of rotatable bonds is 12. The number of carbonyl (C=O) groups excluding carboxylic acids is 1. The molecular formula is C25H28N6O5P+. The van der Waals surface area contributed by atoms with E-state index in [-0.39, 0.29) is 25.0 Å². The number of ether oxygens (including phenoxy) is 2. The van der Waals surface area contributed by atoms with E-state index in [0.717, 1.165) is 5.56 Å². The molecule has 0 spiro atoms. The lowest BCUT2D eigenvalue weighted by Gasteiger charge is -2.11. The number of aryl methyl sites for hydroxylation is 1. The second-order valence-corrected chi connectivity index (χ2v) is 9.33. The van der Waals surface area contributed by atoms with E-state index < -0.39 is 8.03 Å². The van der Waals surface area contributed by atoms with Gasteiger partial charge >= 0.3 is 8.03 Å². The molecule has 4 aromatic rings. The molecule has 0 saturated heterocycles. The Labute approximate surface area is 214 Å². The number of carbonyl (C=O) groups is 1. The lowest BCUT2D eigenvalue weighted by atomic mass is 10.1. The van der Waals surface area contributed by atoms with Crippen LogP contribution in [0, 0.1) is 6.92 Å². The van der Waals surface area contributed by atoms with Crippen LogP contribution in [0.5, 0.6) is 11.5 Å². The molecule has 37 heavy (non-hydrogen) atoms. The summed E-state index contributed by atoms with van der Waals surface area (Å²) in [6.45, 7) is 4.68. The molecule has 0 aliphatic heterocycles. The van der Waals surface area contributed by atoms with E-state index in [0.29, 0.717) is 47.1 Å². The standard InChI is InChI=1S/C25H27N6O5P/c1-17-7-3-4-8-19(17)25(32)27-11-12-34-20-9-5-6-10-21(20)36-37(33)16-35-18(2)13-31-15-30-22-23(26)28-14-29-24(22)31/h3-10,14-15,18H,11-13,16H2,1-2H3,(H2-,26,27,28,29,32)/p+1. The number of fused-ring (bicyclic) bond motifs is 1. The second-order valence-electron chi connectivity index (χ2n) is 8.22. The van der Waals surface area contributed by atoms with Gasteiger partial charge in [-0.2, -0.15) is 0 Å². The summed E-state index contributed by atoms with van der Waals surface area (Å²) in [6, 6.07) is 14.3. The van der Waals surface area contributed by atoms with Crippen LogP contribution < -0.4 is 20.3 Å². The monoisotopic (exact) mass is 523 g/mol. The van der Waals surface area contributed by atoms with E-state index in [1.165, 1.54) is 6.33 Å². The Bertz CT molecular complexity index is 1400. The van der Waals surface area contributed by atoms with Crippen LogP contribution >= 0.6 is 8.03 Å². The van der Waals surface area contributed by atoms with Crippen molar-refractivity contribution in [3.63, 3.8) is 0 Å². The van der Waals surface area contributed by atoms with Crippen molar-refractivity contribution < 1.29 is 23.4 Å². The van der Waals surface area contributed by atoms with Crippen molar-refractivity contribution in [2.45, 2.75) is 26.5 Å². The molecule has 2 unspecified atom stereocenters. The number of nitrogens with one attached hydrogen (secondary N) is 1. The van der Waals surface area contributed by atoms with Crippen molar-refractivity contribution in [1.29, 1.82) is 0 Å². The summed E-state index contributed by atoms with van der Waals surface area (Å²) in [5.41, 5.74) is 8.47. The number of benzene rings is 2. The normalized spacial score (nSPS) is 12.2. The van der Waals surface area contributed by atoms with Gasteiger partial charge in [0.05, 0.1) is 25.5 Å². The molecule has 0 saturated carbocycles. The first kappa shape index (κ1) is 26.0. The van der Waals surface area contributed by atoms with E-state index in [9.17, 15) is 9.36 Å². The molecule has 2 aromatic carbocycles. The summed E-state index contributed by atoms with van der Waals surface area (Å²) >= 11 is 0. The van der Waals surface area contributed by atoms with E-state index in [4.69, 9.17) is 19.7 Å². The number of aromatic nitrogens is 4. The summed E-state index contributed by atoms with van der Waals surface area (Å²) in [4.78, 5) is 24.7. The van der Waals surface area contributed by atoms with Crippen LogP contribution in [0.3, 0.4) is 0 Å². The SMILES string of the molecule is Cc1ccccc1C(=O)NCCOc1ccccc1O[P+](=O)COC(C)Cn1cnc2c(N)ncnc21. The third kappa shape index (κ3) is 6.78. The zero-order chi connectivity index (χ0) is 26.2. The van der Waals surface area contributed by atoms with Gasteiger partial charge in [-0.15, -0.1) is 0 Å². The summed E-state index contributed by atoms with van der Waals surface area (Å²) in [5, 5.41) is 2.83. The Hall–Kier alpha value is -4.08. The van der Waals surface area contributed by atoms with Crippen LogP contribution in [0.4, 0.5) is 5.82 Å². The highest BCUT2D eigenvalue weighted by atomic mass is 31.1. The van der Waals surface area contributed by atoms with Crippen molar-refractivity contribution in [2.24, 2.45) is 0 Å². The predicted octanol–water partition coefficient (Wildman–Crippen LogP) is 3.71. The van der Waals surface area contributed by atoms with Gasteiger partial charge in [-0.1, -0.05) is 30.3 Å². The number of para-hydroxylation sites is 2. The van der Waals surface area contributed by atoms with Crippen molar-refractivity contribution in [2.75, 3.05) is 25.2 Å². The fourth-order valence-corrected chi connectivity index (χ4v) is 4.38. The summed E-state index contributed by atoms with van der Waals surface area (Å²) in [7, 11) is -2.16. The first-order valence-corrected chi connectivity index (χ1v) is 13.0. The maximum absolute atomic E-state index is 12.6. The lowest BCUT2D eigenvalue weighted by Crippen LogP contribution is -2.28. The maximum Gasteiger partial charge on any atom is 0.585 e. The Morgan fingerprint density at radius 1 is 1.11 bits per heavy atom. The van der Waals surface area contributed by atoms with E-state index in [1.54, 1.807) is 41.2 Å². The Morgan fingerprint density at radius 2 is 1.86 bits per heavy atom. The summed E-state index contributed by atoms with van der Waals surface area (Å²) in [5.74, 6) is 0.896. The van der Waals surface area contributed by atoms with Gasteiger partial charge in [0.25, 0.3) is 12.3 Å². The number of hydrogen-bond donors (Lipinski definition) is 2. The van der Waals surface area contributed by atoms with E-state index in [2.05, 4.69) is 20.3 Å². The number of imidazole rings is 1. The molecular weight excluding hydrogens is 495 g/mol. The lowest BCUT2D eigenvalue weighted by molar-refractivity contribution is 0.0851. The highest BCUT2D eigenvalue weighted by molar-refractivity contribution is 7.39. The molecule has 3 N–H and O–H groups in total. The van der Waals surface area contributed by atoms with Gasteiger partial charge < -0.3 is 25.1 Å². The number of nitrogens with two attached hydrogens (primary N) is 1. The first-order valence-electron chi connectivity index (χ1n) is 11.6. The van der Waals surface area contributed by atoms with Gasteiger partial charge in [-0.3, -0.25) is 4.79 Å². The molecule has 192 valence electrons. The van der Waals surface area contributed by atoms with Crippen LogP contribution in [-0.4, -0.2) is 51.0 Å². The van der Waals surface area contributed by atoms with E-state index >= 15 is 0 Å². The van der Waals surface area contributed by atoms with Gasteiger partial charge in [-0.05, 0) is 42.2 Å². The van der Waals surface area contributed by atoms with Gasteiger partial charge in [-0.25, -0.2) is 19.5 Å². The molecule has 0 fully saturated rings. The first-order chi connectivity index (χ1) is 17.9. The van der Waals surface area contributed by atoms with Gasteiger partial charge in [0, 0.05) is 5.56 Å². The van der Waals surface area contributed by atoms with Crippen LogP contribution in [0.1, 0.15) is 22.8 Å². The molecule has 4 rings (SSSR count). The minimum absolute atomic E-state index is 0.110.